The average Bonchev–Trinajstić information content (AvgIpc) is 2.80. The van der Waals surface area contributed by atoms with Crippen molar-refractivity contribution in [3.05, 3.63) is 59.7 Å². The Hall–Kier alpha value is -1.61. The van der Waals surface area contributed by atoms with E-state index < -0.39 is 13.4 Å². The van der Waals surface area contributed by atoms with Crippen molar-refractivity contribution in [3.8, 4) is 11.5 Å². The van der Waals surface area contributed by atoms with Gasteiger partial charge >= 0.3 is 195 Å². The van der Waals surface area contributed by atoms with Crippen LogP contribution in [0, 0.1) is 0 Å². The van der Waals surface area contributed by atoms with Crippen LogP contribution in [0.4, 0.5) is 0 Å². The van der Waals surface area contributed by atoms with Gasteiger partial charge in [-0.3, -0.25) is 0 Å². The molecule has 0 aliphatic rings. The number of phenolic OH excluding ortho intramolecular Hbond substituents is 1. The summed E-state index contributed by atoms with van der Waals surface area (Å²) in [5.41, 5.74) is 1.05. The zero-order chi connectivity index (χ0) is 24.9. The maximum absolute atomic E-state index is 10.7. The van der Waals surface area contributed by atoms with Crippen LogP contribution in [0.1, 0.15) is 109 Å². The standard InChI is InChI=1S/C29H47O4P/c1-4-5-6-7-8-9-10-11-12-13-14-19-24-34(31,32)33-28-23-18-16-21-26(28)29(2,3)25-20-15-17-22-27(25)30/h15-18,20-23,30-32,34H,4-14,19,24H2,1-3H3. The molecule has 34 heavy (non-hydrogen) atoms. The van der Waals surface area contributed by atoms with Gasteiger partial charge in [-0.15, -0.1) is 0 Å². The van der Waals surface area contributed by atoms with Crippen LogP contribution in [0.25, 0.3) is 0 Å². The minimum absolute atomic E-state index is 0.218. The number of phenols is 1. The van der Waals surface area contributed by atoms with Crippen molar-refractivity contribution >= 4 is 7.94 Å². The first-order valence-corrected chi connectivity index (χ1v) is 15.3. The average molecular weight is 491 g/mol. The number of unbranched alkanes of at least 4 members (excludes halogenated alkanes) is 11. The molecule has 0 amide bonds. The van der Waals surface area contributed by atoms with Gasteiger partial charge in [-0.1, -0.05) is 13.3 Å². The topological polar surface area (TPSA) is 69.9 Å². The molecule has 0 unspecified atom stereocenters. The summed E-state index contributed by atoms with van der Waals surface area (Å²) in [6.07, 6.45) is 15.2. The van der Waals surface area contributed by atoms with Crippen LogP contribution in [0.3, 0.4) is 0 Å². The summed E-state index contributed by atoms with van der Waals surface area (Å²) in [5, 5.41) is 10.4. The summed E-state index contributed by atoms with van der Waals surface area (Å²) in [6, 6.07) is 14.7. The predicted molar refractivity (Wildman–Crippen MR) is 146 cm³/mol. The van der Waals surface area contributed by atoms with Crippen LogP contribution in [0.2, 0.25) is 0 Å². The molecule has 4 nitrogen and oxygen atoms in total. The Morgan fingerprint density at radius 2 is 1.15 bits per heavy atom. The molecule has 0 saturated carbocycles. The third-order valence-electron chi connectivity index (χ3n) is 6.77. The van der Waals surface area contributed by atoms with Gasteiger partial charge in [0.1, 0.15) is 0 Å². The second-order valence-electron chi connectivity index (χ2n) is 10.1. The van der Waals surface area contributed by atoms with Gasteiger partial charge in [0.05, 0.1) is 0 Å². The molecule has 0 heterocycles. The second kappa shape index (κ2) is 14.7. The van der Waals surface area contributed by atoms with Crippen molar-refractivity contribution in [3.63, 3.8) is 0 Å². The Morgan fingerprint density at radius 3 is 1.71 bits per heavy atom. The number of hydrogen-bond acceptors (Lipinski definition) is 4. The fraction of sp³-hybridized carbons (Fsp3) is 0.586. The van der Waals surface area contributed by atoms with Crippen LogP contribution < -0.4 is 4.52 Å². The molecule has 5 heteroatoms. The Bertz CT molecular complexity index is 834. The van der Waals surface area contributed by atoms with Gasteiger partial charge in [0.2, 0.25) is 0 Å². The van der Waals surface area contributed by atoms with E-state index >= 15 is 0 Å². The summed E-state index contributed by atoms with van der Waals surface area (Å²) < 4.78 is 5.85. The molecule has 0 aliphatic carbocycles. The Morgan fingerprint density at radius 1 is 0.676 bits per heavy atom. The SMILES string of the molecule is CCCCCCCCCCCCCC[PH](O)(O)Oc1ccccc1C(C)(C)c1ccccc1O. The van der Waals surface area contributed by atoms with E-state index in [4.69, 9.17) is 4.52 Å². The first-order chi connectivity index (χ1) is 16.3. The normalized spacial score (nSPS) is 12.6. The van der Waals surface area contributed by atoms with Gasteiger partial charge < -0.3 is 0 Å². The number of hydrogen-bond donors (Lipinski definition) is 3. The summed E-state index contributed by atoms with van der Waals surface area (Å²) in [4.78, 5) is 21.3. The molecule has 3 N–H and O–H groups in total. The number of aromatic hydroxyl groups is 1. The van der Waals surface area contributed by atoms with Crippen LogP contribution in [0.15, 0.2) is 48.5 Å². The number of rotatable bonds is 17. The monoisotopic (exact) mass is 490 g/mol. The summed E-state index contributed by atoms with van der Waals surface area (Å²) in [5.74, 6) is 0.696. The van der Waals surface area contributed by atoms with Crippen molar-refractivity contribution in [2.45, 2.75) is 103 Å². The van der Waals surface area contributed by atoms with Gasteiger partial charge in [-0.2, -0.15) is 0 Å². The third kappa shape index (κ3) is 9.56. The molecule has 192 valence electrons. The van der Waals surface area contributed by atoms with E-state index in [-0.39, 0.29) is 5.75 Å². The zero-order valence-corrected chi connectivity index (χ0v) is 22.6. The van der Waals surface area contributed by atoms with Crippen LogP contribution in [0.5, 0.6) is 11.5 Å². The van der Waals surface area contributed by atoms with E-state index in [1.807, 2.05) is 44.2 Å². The van der Waals surface area contributed by atoms with Gasteiger partial charge in [0.15, 0.2) is 0 Å². The van der Waals surface area contributed by atoms with Crippen LogP contribution >= 0.6 is 7.94 Å². The maximum atomic E-state index is 10.7. The molecule has 0 bridgehead atoms. The fourth-order valence-electron chi connectivity index (χ4n) is 4.64. The van der Waals surface area contributed by atoms with Crippen molar-refractivity contribution in [2.24, 2.45) is 0 Å². The minimum atomic E-state index is -3.83. The molecule has 0 spiro atoms. The molecule has 0 aromatic heterocycles. The molecule has 0 fully saturated rings. The second-order valence-corrected chi connectivity index (χ2v) is 12.3. The number of benzene rings is 2. The molecular weight excluding hydrogens is 443 g/mol. The van der Waals surface area contributed by atoms with Crippen molar-refractivity contribution in [2.75, 3.05) is 6.16 Å². The molecular formula is C29H47O4P. The van der Waals surface area contributed by atoms with Crippen molar-refractivity contribution in [1.29, 1.82) is 0 Å². The van der Waals surface area contributed by atoms with Crippen LogP contribution in [-0.2, 0) is 5.41 Å². The molecule has 0 saturated heterocycles. The molecule has 0 aliphatic heterocycles. The van der Waals surface area contributed by atoms with E-state index in [0.717, 1.165) is 30.4 Å². The molecule has 2 rings (SSSR count). The van der Waals surface area contributed by atoms with E-state index in [0.29, 0.717) is 11.9 Å². The molecule has 0 radical (unpaired) electrons. The quantitative estimate of drug-likeness (QED) is 0.154. The first kappa shape index (κ1) is 28.6. The summed E-state index contributed by atoms with van der Waals surface area (Å²) >= 11 is 0. The zero-order valence-electron chi connectivity index (χ0n) is 21.6. The number of para-hydroxylation sites is 2. The Kier molecular flexibility index (Phi) is 12.4. The van der Waals surface area contributed by atoms with Gasteiger partial charge in [-0.25, -0.2) is 0 Å². The van der Waals surface area contributed by atoms with Crippen molar-refractivity contribution < 1.29 is 19.4 Å². The molecule has 2 aromatic carbocycles. The summed E-state index contributed by atoms with van der Waals surface area (Å²) in [7, 11) is -3.83. The van der Waals surface area contributed by atoms with E-state index in [2.05, 4.69) is 6.92 Å². The van der Waals surface area contributed by atoms with Gasteiger partial charge in [0, 0.05) is 0 Å². The molecule has 0 atom stereocenters. The predicted octanol–water partition coefficient (Wildman–Crippen LogP) is 8.28. The first-order valence-electron chi connectivity index (χ1n) is 13.3. The fourth-order valence-corrected chi connectivity index (χ4v) is 5.99. The molecule has 2 aromatic rings. The summed E-state index contributed by atoms with van der Waals surface area (Å²) in [6.45, 7) is 6.27. The van der Waals surface area contributed by atoms with E-state index in [1.165, 1.54) is 57.8 Å². The van der Waals surface area contributed by atoms with E-state index in [9.17, 15) is 14.9 Å². The van der Waals surface area contributed by atoms with Crippen LogP contribution in [-0.4, -0.2) is 21.1 Å². The van der Waals surface area contributed by atoms with Gasteiger partial charge in [0.25, 0.3) is 0 Å². The van der Waals surface area contributed by atoms with E-state index in [1.54, 1.807) is 18.2 Å². The van der Waals surface area contributed by atoms with Crippen molar-refractivity contribution in [1.82, 2.24) is 0 Å². The van der Waals surface area contributed by atoms with Gasteiger partial charge in [-0.05, 0) is 0 Å². The Balaban J connectivity index is 1.78. The third-order valence-corrected chi connectivity index (χ3v) is 8.32. The Labute approximate surface area is 208 Å².